The number of nitrogens with zero attached hydrogens (tertiary/aromatic N) is 1. The summed E-state index contributed by atoms with van der Waals surface area (Å²) < 4.78 is 6.05. The molecule has 0 saturated carbocycles. The molecule has 1 aliphatic heterocycles. The number of ether oxygens (including phenoxy) is 1. The lowest BCUT2D eigenvalue weighted by Gasteiger charge is -2.26. The minimum Gasteiger partial charge on any atom is -0.496 e. The SMILES string of the molecule is COc1cc([C@@H]2CCCN2C(=O)Cc2ccc(NC(=O)Nc3ccccc3Br)c(C)c2)ccc1C(=O)O. The van der Waals surface area contributed by atoms with Crippen LogP contribution in [0.5, 0.6) is 5.75 Å². The molecule has 0 unspecified atom stereocenters. The van der Waals surface area contributed by atoms with Crippen molar-refractivity contribution in [2.45, 2.75) is 32.2 Å². The monoisotopic (exact) mass is 565 g/mol. The van der Waals surface area contributed by atoms with E-state index >= 15 is 0 Å². The highest BCUT2D eigenvalue weighted by atomic mass is 79.9. The molecule has 0 radical (unpaired) electrons. The first-order chi connectivity index (χ1) is 17.8. The maximum atomic E-state index is 13.3. The lowest BCUT2D eigenvalue weighted by Crippen LogP contribution is -2.32. The Hall–Kier alpha value is -3.85. The Labute approximate surface area is 223 Å². The molecule has 1 atom stereocenters. The molecule has 0 aliphatic carbocycles. The molecule has 0 aromatic heterocycles. The quantitative estimate of drug-likeness (QED) is 0.325. The Bertz CT molecular complexity index is 1340. The topological polar surface area (TPSA) is 108 Å². The van der Waals surface area contributed by atoms with Crippen molar-refractivity contribution < 1.29 is 24.2 Å². The van der Waals surface area contributed by atoms with Crippen molar-refractivity contribution in [1.29, 1.82) is 0 Å². The van der Waals surface area contributed by atoms with Gasteiger partial charge in [-0.3, -0.25) is 4.79 Å². The van der Waals surface area contributed by atoms with Crippen LogP contribution in [0.25, 0.3) is 0 Å². The number of amides is 3. The van der Waals surface area contributed by atoms with Gasteiger partial charge < -0.3 is 25.4 Å². The molecule has 0 spiro atoms. The van der Waals surface area contributed by atoms with E-state index in [0.29, 0.717) is 17.9 Å². The smallest absolute Gasteiger partial charge is 0.339 e. The van der Waals surface area contributed by atoms with Crippen molar-refractivity contribution in [3.8, 4) is 5.75 Å². The number of para-hydroxylation sites is 1. The lowest BCUT2D eigenvalue weighted by atomic mass is 10.0. The van der Waals surface area contributed by atoms with E-state index in [-0.39, 0.29) is 35.7 Å². The largest absolute Gasteiger partial charge is 0.496 e. The Balaban J connectivity index is 1.42. The number of likely N-dealkylation sites (tertiary alicyclic amines) is 1. The van der Waals surface area contributed by atoms with E-state index in [1.165, 1.54) is 13.2 Å². The number of carboxylic acids is 1. The standard InChI is InChI=1S/C28H28BrN3O5/c1-17-14-18(9-12-22(17)30-28(36)31-23-7-4-3-6-21(23)29)15-26(33)32-13-5-8-24(32)19-10-11-20(27(34)35)25(16-19)37-2/h3-4,6-7,9-12,14,16,24H,5,8,13,15H2,1-2H3,(H,34,35)(H2,30,31,36)/t24-/m0/s1. The van der Waals surface area contributed by atoms with Gasteiger partial charge in [0.1, 0.15) is 11.3 Å². The number of carbonyl (C=O) groups excluding carboxylic acids is 2. The fraction of sp³-hybridized carbons (Fsp3) is 0.250. The third-order valence-corrected chi connectivity index (χ3v) is 7.12. The number of halogens is 1. The fourth-order valence-corrected chi connectivity index (χ4v) is 4.98. The summed E-state index contributed by atoms with van der Waals surface area (Å²) in [6.07, 6.45) is 1.90. The molecule has 1 heterocycles. The molecule has 4 rings (SSSR count). The predicted molar refractivity (Wildman–Crippen MR) is 145 cm³/mol. The fourth-order valence-electron chi connectivity index (χ4n) is 4.59. The number of aromatic carboxylic acids is 1. The molecule has 192 valence electrons. The first kappa shape index (κ1) is 26.2. The summed E-state index contributed by atoms with van der Waals surface area (Å²) in [4.78, 5) is 39.0. The molecular weight excluding hydrogens is 538 g/mol. The Morgan fingerprint density at radius 3 is 2.51 bits per heavy atom. The molecule has 0 bridgehead atoms. The summed E-state index contributed by atoms with van der Waals surface area (Å²) in [6, 6.07) is 17.4. The van der Waals surface area contributed by atoms with Crippen molar-refractivity contribution in [2.24, 2.45) is 0 Å². The van der Waals surface area contributed by atoms with Gasteiger partial charge in [-0.1, -0.05) is 30.3 Å². The minimum absolute atomic E-state index is 0.00411. The Morgan fingerprint density at radius 1 is 1.05 bits per heavy atom. The van der Waals surface area contributed by atoms with Gasteiger partial charge in [0.05, 0.1) is 25.3 Å². The molecule has 3 N–H and O–H groups in total. The van der Waals surface area contributed by atoms with Gasteiger partial charge in [-0.25, -0.2) is 9.59 Å². The first-order valence-electron chi connectivity index (χ1n) is 11.9. The van der Waals surface area contributed by atoms with E-state index in [2.05, 4.69) is 26.6 Å². The first-order valence-corrected chi connectivity index (χ1v) is 12.7. The maximum Gasteiger partial charge on any atom is 0.339 e. The number of nitrogens with one attached hydrogen (secondary N) is 2. The molecule has 1 saturated heterocycles. The lowest BCUT2D eigenvalue weighted by molar-refractivity contribution is -0.131. The van der Waals surface area contributed by atoms with Crippen LogP contribution >= 0.6 is 15.9 Å². The van der Waals surface area contributed by atoms with Gasteiger partial charge in [-0.15, -0.1) is 0 Å². The van der Waals surface area contributed by atoms with Gasteiger partial charge in [0.15, 0.2) is 0 Å². The number of benzene rings is 3. The number of rotatable bonds is 7. The van der Waals surface area contributed by atoms with Gasteiger partial charge in [0.2, 0.25) is 5.91 Å². The molecule has 8 nitrogen and oxygen atoms in total. The van der Waals surface area contributed by atoms with E-state index < -0.39 is 5.97 Å². The molecule has 37 heavy (non-hydrogen) atoms. The number of anilines is 2. The third-order valence-electron chi connectivity index (χ3n) is 6.43. The van der Waals surface area contributed by atoms with Crippen molar-refractivity contribution in [3.05, 3.63) is 87.4 Å². The second-order valence-electron chi connectivity index (χ2n) is 8.90. The van der Waals surface area contributed by atoms with Crippen LogP contribution in [0.4, 0.5) is 16.2 Å². The zero-order valence-electron chi connectivity index (χ0n) is 20.6. The van der Waals surface area contributed by atoms with Gasteiger partial charge >= 0.3 is 12.0 Å². The van der Waals surface area contributed by atoms with Gasteiger partial charge in [0.25, 0.3) is 0 Å². The van der Waals surface area contributed by atoms with Crippen molar-refractivity contribution in [3.63, 3.8) is 0 Å². The third kappa shape index (κ3) is 6.11. The minimum atomic E-state index is -1.05. The van der Waals surface area contributed by atoms with E-state index in [1.807, 2.05) is 42.2 Å². The zero-order chi connectivity index (χ0) is 26.5. The number of methoxy groups -OCH3 is 1. The van der Waals surface area contributed by atoms with Crippen LogP contribution in [0.15, 0.2) is 65.1 Å². The Kier molecular flexibility index (Phi) is 8.13. The summed E-state index contributed by atoms with van der Waals surface area (Å²) in [7, 11) is 1.44. The van der Waals surface area contributed by atoms with Crippen molar-refractivity contribution in [1.82, 2.24) is 4.90 Å². The summed E-state index contributed by atoms with van der Waals surface area (Å²) in [6.45, 7) is 2.53. The molecule has 3 amide bonds. The molecule has 9 heteroatoms. The van der Waals surface area contributed by atoms with Gasteiger partial charge in [-0.05, 0) is 82.7 Å². The van der Waals surface area contributed by atoms with Crippen LogP contribution < -0.4 is 15.4 Å². The number of hydrogen-bond donors (Lipinski definition) is 3. The second kappa shape index (κ2) is 11.5. The van der Waals surface area contributed by atoms with Crippen LogP contribution in [0, 0.1) is 6.92 Å². The molecule has 1 fully saturated rings. The average Bonchev–Trinajstić information content (AvgIpc) is 3.37. The van der Waals surface area contributed by atoms with Crippen molar-refractivity contribution >= 4 is 45.2 Å². The highest BCUT2D eigenvalue weighted by Crippen LogP contribution is 2.35. The van der Waals surface area contributed by atoms with Gasteiger partial charge in [-0.2, -0.15) is 0 Å². The number of urea groups is 1. The van der Waals surface area contributed by atoms with Gasteiger partial charge in [0, 0.05) is 16.7 Å². The van der Waals surface area contributed by atoms with Crippen LogP contribution in [-0.4, -0.2) is 41.6 Å². The predicted octanol–water partition coefficient (Wildman–Crippen LogP) is 6.01. The van der Waals surface area contributed by atoms with Crippen molar-refractivity contribution in [2.75, 3.05) is 24.3 Å². The molecule has 3 aromatic rings. The van der Waals surface area contributed by atoms with Crippen LogP contribution in [0.3, 0.4) is 0 Å². The van der Waals surface area contributed by atoms with Crippen LogP contribution in [-0.2, 0) is 11.2 Å². The summed E-state index contributed by atoms with van der Waals surface area (Å²) in [5, 5.41) is 15.0. The molecule has 1 aliphatic rings. The normalized spacial score (nSPS) is 14.8. The maximum absolute atomic E-state index is 13.3. The summed E-state index contributed by atoms with van der Waals surface area (Å²) in [5.41, 5.74) is 3.97. The average molecular weight is 566 g/mol. The zero-order valence-corrected chi connectivity index (χ0v) is 22.2. The van der Waals surface area contributed by atoms with E-state index in [4.69, 9.17) is 4.74 Å². The Morgan fingerprint density at radius 2 is 1.81 bits per heavy atom. The van der Waals surface area contributed by atoms with Crippen LogP contribution in [0.2, 0.25) is 0 Å². The van der Waals surface area contributed by atoms with Crippen LogP contribution in [0.1, 0.15) is 45.9 Å². The van der Waals surface area contributed by atoms with E-state index in [1.54, 1.807) is 24.3 Å². The molecular formula is C28H28BrN3O5. The highest BCUT2D eigenvalue weighted by molar-refractivity contribution is 9.10. The summed E-state index contributed by atoms with van der Waals surface area (Å²) in [5.74, 6) is -0.774. The van der Waals surface area contributed by atoms with E-state index in [0.717, 1.165) is 34.0 Å². The highest BCUT2D eigenvalue weighted by Gasteiger charge is 2.30. The number of hydrogen-bond acceptors (Lipinski definition) is 4. The summed E-state index contributed by atoms with van der Waals surface area (Å²) >= 11 is 3.41. The molecule has 3 aromatic carbocycles. The number of carboxylic acid groups (broad SMARTS) is 1. The number of aryl methyl sites for hydroxylation is 1. The second-order valence-corrected chi connectivity index (χ2v) is 9.75. The van der Waals surface area contributed by atoms with E-state index in [9.17, 15) is 19.5 Å². The number of carbonyl (C=O) groups is 3.